The van der Waals surface area contributed by atoms with Crippen LogP contribution in [0.25, 0.3) is 0 Å². The molecule has 0 amide bonds. The molecule has 7 heteroatoms. The molecule has 2 saturated carbocycles. The number of carbonyl (C=O) groups is 2. The van der Waals surface area contributed by atoms with Crippen LogP contribution in [0.1, 0.15) is 19.8 Å². The zero-order valence-electron chi connectivity index (χ0n) is 13.3. The van der Waals surface area contributed by atoms with Crippen LogP contribution < -0.4 is 0 Å². The fourth-order valence-electron chi connectivity index (χ4n) is 4.49. The largest absolute Gasteiger partial charge is 0.461 e. The molecule has 3 aliphatic rings. The van der Waals surface area contributed by atoms with E-state index in [0.29, 0.717) is 12.8 Å². The van der Waals surface area contributed by atoms with Crippen molar-refractivity contribution in [2.24, 2.45) is 29.6 Å². The molecule has 0 aromatic rings. The second-order valence-electron chi connectivity index (χ2n) is 6.80. The number of hydrogen-bond donors (Lipinski definition) is 1. The molecule has 0 aromatic carbocycles. The Morgan fingerprint density at radius 1 is 1.35 bits per heavy atom. The predicted molar refractivity (Wildman–Crippen MR) is 82.4 cm³/mol. The van der Waals surface area contributed by atoms with E-state index in [9.17, 15) is 18.9 Å². The van der Waals surface area contributed by atoms with Gasteiger partial charge in [-0.05, 0) is 12.3 Å². The van der Waals surface area contributed by atoms with Gasteiger partial charge >= 0.3 is 5.97 Å². The van der Waals surface area contributed by atoms with Crippen molar-refractivity contribution in [2.75, 3.05) is 12.9 Å². The molecule has 1 saturated heterocycles. The lowest BCUT2D eigenvalue weighted by atomic mass is 9.77. The number of aliphatic hydroxyl groups excluding tert-OH is 1. The van der Waals surface area contributed by atoms with Crippen molar-refractivity contribution in [1.29, 1.82) is 0 Å². The highest BCUT2D eigenvalue weighted by Gasteiger charge is 2.59. The standard InChI is InChI=1S/C16H22O6S/c1-7-4-12(18)14-10(6-23(20)21-3)16(19)22-15(14)13-8(2)11(17)5-9(7)13/h8-10,12-15,18H,1,4-6H2,2-3H3/t8-,9+,10+,12+,13+,14-,15-,23-/m1/s1. The highest BCUT2D eigenvalue weighted by atomic mass is 32.2. The van der Waals surface area contributed by atoms with E-state index in [4.69, 9.17) is 8.92 Å². The molecule has 3 fully saturated rings. The van der Waals surface area contributed by atoms with Gasteiger partial charge in [0, 0.05) is 24.2 Å². The first-order chi connectivity index (χ1) is 10.8. The van der Waals surface area contributed by atoms with Gasteiger partial charge in [0.15, 0.2) is 11.1 Å². The van der Waals surface area contributed by atoms with Crippen LogP contribution in [-0.4, -0.2) is 46.1 Å². The molecule has 8 atom stereocenters. The zero-order chi connectivity index (χ0) is 16.9. The molecule has 0 unspecified atom stereocenters. The molecule has 128 valence electrons. The molecular weight excluding hydrogens is 320 g/mol. The molecule has 0 radical (unpaired) electrons. The van der Waals surface area contributed by atoms with Gasteiger partial charge in [-0.1, -0.05) is 19.1 Å². The number of fused-ring (bicyclic) bond motifs is 3. The van der Waals surface area contributed by atoms with Crippen LogP contribution in [0.5, 0.6) is 0 Å². The van der Waals surface area contributed by atoms with E-state index in [1.165, 1.54) is 7.11 Å². The summed E-state index contributed by atoms with van der Waals surface area (Å²) in [6.45, 7) is 5.90. The summed E-state index contributed by atoms with van der Waals surface area (Å²) < 4.78 is 22.1. The smallest absolute Gasteiger partial charge is 0.310 e. The third-order valence-corrected chi connectivity index (χ3v) is 6.69. The third-order valence-electron chi connectivity index (χ3n) is 5.69. The Morgan fingerprint density at radius 2 is 2.04 bits per heavy atom. The Morgan fingerprint density at radius 3 is 2.70 bits per heavy atom. The number of hydrogen-bond acceptors (Lipinski definition) is 6. The van der Waals surface area contributed by atoms with Crippen LogP contribution in [0, 0.1) is 29.6 Å². The van der Waals surface area contributed by atoms with Crippen molar-refractivity contribution in [3.63, 3.8) is 0 Å². The number of Topliss-reactive ketones (excluding diaryl/α,β-unsaturated/α-hetero) is 1. The molecule has 1 aliphatic heterocycles. The van der Waals surface area contributed by atoms with Crippen LogP contribution in [0.3, 0.4) is 0 Å². The number of carbonyl (C=O) groups excluding carboxylic acids is 2. The first-order valence-corrected chi connectivity index (χ1v) is 9.11. The van der Waals surface area contributed by atoms with E-state index >= 15 is 0 Å². The van der Waals surface area contributed by atoms with E-state index in [-0.39, 0.29) is 29.3 Å². The van der Waals surface area contributed by atoms with Crippen molar-refractivity contribution in [2.45, 2.75) is 32.0 Å². The topological polar surface area (TPSA) is 89.9 Å². The number of ketones is 1. The molecule has 6 nitrogen and oxygen atoms in total. The Kier molecular flexibility index (Phi) is 4.46. The lowest BCUT2D eigenvalue weighted by Gasteiger charge is -2.29. The summed E-state index contributed by atoms with van der Waals surface area (Å²) >= 11 is -1.61. The SMILES string of the molecule is C=C1C[C@H](O)[C@@H]2[C@H](OC(=O)[C@H]2C[S@](=O)OC)[C@H]2[C@H](C)C(=O)C[C@@H]12. The second-order valence-corrected chi connectivity index (χ2v) is 8.07. The molecule has 2 aliphatic carbocycles. The molecule has 0 spiro atoms. The van der Waals surface area contributed by atoms with E-state index in [0.717, 1.165) is 5.57 Å². The number of esters is 1. The van der Waals surface area contributed by atoms with Gasteiger partial charge in [-0.3, -0.25) is 13.8 Å². The number of ether oxygens (including phenoxy) is 1. The van der Waals surface area contributed by atoms with Crippen molar-refractivity contribution in [3.8, 4) is 0 Å². The average molecular weight is 342 g/mol. The monoisotopic (exact) mass is 342 g/mol. The molecule has 3 rings (SSSR count). The summed E-state index contributed by atoms with van der Waals surface area (Å²) in [5.74, 6) is -1.89. The van der Waals surface area contributed by atoms with Crippen molar-refractivity contribution in [3.05, 3.63) is 12.2 Å². The molecule has 1 heterocycles. The quantitative estimate of drug-likeness (QED) is 0.597. The highest BCUT2D eigenvalue weighted by Crippen LogP contribution is 2.51. The van der Waals surface area contributed by atoms with Crippen LogP contribution in [-0.2, 0) is 29.6 Å². The molecule has 0 aromatic heterocycles. The van der Waals surface area contributed by atoms with Gasteiger partial charge in [-0.15, -0.1) is 0 Å². The average Bonchev–Trinajstić information content (AvgIpc) is 2.93. The highest BCUT2D eigenvalue weighted by molar-refractivity contribution is 7.80. The summed E-state index contributed by atoms with van der Waals surface area (Å²) in [5.41, 5.74) is 0.845. The fraction of sp³-hybridized carbons (Fsp3) is 0.750. The third kappa shape index (κ3) is 2.68. The van der Waals surface area contributed by atoms with Crippen molar-refractivity contribution >= 4 is 22.8 Å². The second kappa shape index (κ2) is 6.11. The summed E-state index contributed by atoms with van der Waals surface area (Å²) in [6, 6.07) is 0. The maximum atomic E-state index is 12.3. The van der Waals surface area contributed by atoms with Crippen LogP contribution in [0.2, 0.25) is 0 Å². The van der Waals surface area contributed by atoms with Gasteiger partial charge in [0.25, 0.3) is 0 Å². The van der Waals surface area contributed by atoms with Crippen LogP contribution >= 0.6 is 0 Å². The minimum absolute atomic E-state index is 0.000248. The van der Waals surface area contributed by atoms with Crippen molar-refractivity contribution in [1.82, 2.24) is 0 Å². The molecule has 0 bridgehead atoms. The lowest BCUT2D eigenvalue weighted by Crippen LogP contribution is -2.39. The van der Waals surface area contributed by atoms with Crippen molar-refractivity contribution < 1.29 is 27.8 Å². The van der Waals surface area contributed by atoms with Gasteiger partial charge in [0.05, 0.1) is 24.9 Å². The van der Waals surface area contributed by atoms with Crippen LogP contribution in [0.15, 0.2) is 12.2 Å². The maximum Gasteiger partial charge on any atom is 0.310 e. The molecule has 23 heavy (non-hydrogen) atoms. The number of rotatable bonds is 3. The summed E-state index contributed by atoms with van der Waals surface area (Å²) in [5, 5.41) is 10.6. The normalized spacial score (nSPS) is 44.5. The van der Waals surface area contributed by atoms with E-state index in [1.807, 2.05) is 6.92 Å². The lowest BCUT2D eigenvalue weighted by molar-refractivity contribution is -0.147. The van der Waals surface area contributed by atoms with E-state index < -0.39 is 41.1 Å². The minimum Gasteiger partial charge on any atom is -0.461 e. The van der Waals surface area contributed by atoms with Gasteiger partial charge < -0.3 is 9.84 Å². The zero-order valence-corrected chi connectivity index (χ0v) is 14.1. The Bertz CT molecular complexity index is 573. The van der Waals surface area contributed by atoms with E-state index in [1.54, 1.807) is 0 Å². The summed E-state index contributed by atoms with van der Waals surface area (Å²) in [6.07, 6.45) is -0.574. The first-order valence-electron chi connectivity index (χ1n) is 7.87. The predicted octanol–water partition coefficient (Wildman–Crippen LogP) is 0.616. The Labute approximate surface area is 137 Å². The Balaban J connectivity index is 1.95. The summed E-state index contributed by atoms with van der Waals surface area (Å²) in [7, 11) is 1.31. The summed E-state index contributed by atoms with van der Waals surface area (Å²) in [4.78, 5) is 24.4. The van der Waals surface area contributed by atoms with E-state index in [2.05, 4.69) is 6.58 Å². The molecular formula is C16H22O6S. The van der Waals surface area contributed by atoms with Gasteiger partial charge in [0.1, 0.15) is 11.9 Å². The minimum atomic E-state index is -1.61. The van der Waals surface area contributed by atoms with Gasteiger partial charge in [0.2, 0.25) is 0 Å². The van der Waals surface area contributed by atoms with Crippen LogP contribution in [0.4, 0.5) is 0 Å². The van der Waals surface area contributed by atoms with Gasteiger partial charge in [-0.25, -0.2) is 4.21 Å². The Hall–Kier alpha value is -1.05. The van der Waals surface area contributed by atoms with Gasteiger partial charge in [-0.2, -0.15) is 0 Å². The number of aliphatic hydroxyl groups is 1. The molecule has 1 N–H and O–H groups in total. The maximum absolute atomic E-state index is 12.3. The fourth-order valence-corrected chi connectivity index (χ4v) is 5.28. The first kappa shape index (κ1) is 16.8.